The van der Waals surface area contributed by atoms with Gasteiger partial charge in [0.05, 0.1) is 0 Å². The number of aliphatic hydroxyl groups is 1. The van der Waals surface area contributed by atoms with Gasteiger partial charge in [-0.15, -0.1) is 0 Å². The highest BCUT2D eigenvalue weighted by molar-refractivity contribution is 5.39. The summed E-state index contributed by atoms with van der Waals surface area (Å²) in [4.78, 5) is 0. The second-order valence-corrected chi connectivity index (χ2v) is 6.09. The minimum absolute atomic E-state index is 0.344. The number of para-hydroxylation sites is 1. The zero-order valence-electron chi connectivity index (χ0n) is 13.6. The zero-order chi connectivity index (χ0) is 15.3. The average Bonchev–Trinajstić information content (AvgIpc) is 2.49. The van der Waals surface area contributed by atoms with Crippen molar-refractivity contribution in [1.29, 1.82) is 0 Å². The summed E-state index contributed by atoms with van der Waals surface area (Å²) in [6.45, 7) is 2.30. The predicted octanol–water partition coefficient (Wildman–Crippen LogP) is 5.14. The number of benzene rings is 1. The quantitative estimate of drug-likeness (QED) is 0.524. The molecular weight excluding hydrogens is 260 g/mol. The van der Waals surface area contributed by atoms with E-state index in [0.29, 0.717) is 12.4 Å². The van der Waals surface area contributed by atoms with E-state index >= 15 is 0 Å². The molecule has 0 aliphatic carbocycles. The first-order chi connectivity index (χ1) is 10.3. The molecule has 0 aromatic heterocycles. The van der Waals surface area contributed by atoms with Crippen LogP contribution in [0.4, 0.5) is 0 Å². The number of rotatable bonds is 12. The van der Waals surface area contributed by atoms with Gasteiger partial charge < -0.3 is 10.2 Å². The maximum atomic E-state index is 9.94. The van der Waals surface area contributed by atoms with Crippen LogP contribution in [0.25, 0.3) is 0 Å². The standard InChI is InChI=1S/C19H32O2/c1-17-13-12-15-18(19(17)21)14-10-8-6-4-2-3-5-7-9-11-16-20/h12-13,15,20-21H,2-11,14,16H2,1H3. The van der Waals surface area contributed by atoms with Crippen molar-refractivity contribution in [2.45, 2.75) is 77.6 Å². The summed E-state index contributed by atoms with van der Waals surface area (Å²) in [7, 11) is 0. The second-order valence-electron chi connectivity index (χ2n) is 6.09. The third kappa shape index (κ3) is 8.11. The van der Waals surface area contributed by atoms with Crippen molar-refractivity contribution in [3.63, 3.8) is 0 Å². The van der Waals surface area contributed by atoms with E-state index in [1.165, 1.54) is 57.8 Å². The van der Waals surface area contributed by atoms with Crippen LogP contribution in [0.5, 0.6) is 5.75 Å². The molecule has 0 saturated heterocycles. The highest BCUT2D eigenvalue weighted by Crippen LogP contribution is 2.23. The molecule has 2 nitrogen and oxygen atoms in total. The second kappa shape index (κ2) is 11.6. The van der Waals surface area contributed by atoms with Gasteiger partial charge >= 0.3 is 0 Å². The molecular formula is C19H32O2. The van der Waals surface area contributed by atoms with Crippen LogP contribution in [0.2, 0.25) is 0 Å². The van der Waals surface area contributed by atoms with E-state index in [0.717, 1.165) is 24.0 Å². The lowest BCUT2D eigenvalue weighted by Gasteiger charge is -2.07. The molecule has 2 N–H and O–H groups in total. The Bertz CT molecular complexity index is 374. The molecule has 0 radical (unpaired) electrons. The summed E-state index contributed by atoms with van der Waals surface area (Å²) in [6.07, 6.45) is 13.5. The number of aromatic hydroxyl groups is 1. The van der Waals surface area contributed by atoms with Crippen LogP contribution in [0, 0.1) is 6.92 Å². The maximum absolute atomic E-state index is 9.94. The van der Waals surface area contributed by atoms with Crippen LogP contribution in [0.3, 0.4) is 0 Å². The fourth-order valence-electron chi connectivity index (χ4n) is 2.76. The average molecular weight is 292 g/mol. The Labute approximate surface area is 130 Å². The van der Waals surface area contributed by atoms with E-state index in [1.807, 2.05) is 25.1 Å². The molecule has 0 aliphatic rings. The van der Waals surface area contributed by atoms with Gasteiger partial charge in [-0.3, -0.25) is 0 Å². The Morgan fingerprint density at radius 2 is 1.29 bits per heavy atom. The molecule has 120 valence electrons. The minimum Gasteiger partial charge on any atom is -0.507 e. The molecule has 0 atom stereocenters. The molecule has 1 rings (SSSR count). The molecule has 21 heavy (non-hydrogen) atoms. The summed E-state index contributed by atoms with van der Waals surface area (Å²) < 4.78 is 0. The molecule has 2 heteroatoms. The summed E-state index contributed by atoms with van der Waals surface area (Å²) in [5.41, 5.74) is 2.08. The summed E-state index contributed by atoms with van der Waals surface area (Å²) in [5.74, 6) is 0.486. The molecule has 0 fully saturated rings. The van der Waals surface area contributed by atoms with Gasteiger partial charge in [-0.25, -0.2) is 0 Å². The Morgan fingerprint density at radius 1 is 0.762 bits per heavy atom. The van der Waals surface area contributed by atoms with Crippen molar-refractivity contribution in [3.8, 4) is 5.75 Å². The third-order valence-electron chi connectivity index (χ3n) is 4.18. The fraction of sp³-hybridized carbons (Fsp3) is 0.684. The number of hydrogen-bond donors (Lipinski definition) is 2. The number of aryl methyl sites for hydroxylation is 2. The van der Waals surface area contributed by atoms with Gasteiger partial charge in [0.1, 0.15) is 5.75 Å². The lowest BCUT2D eigenvalue weighted by Crippen LogP contribution is -1.89. The maximum Gasteiger partial charge on any atom is 0.121 e. The fourth-order valence-corrected chi connectivity index (χ4v) is 2.76. The number of aliphatic hydroxyl groups excluding tert-OH is 1. The summed E-state index contributed by atoms with van der Waals surface area (Å²) in [5, 5.41) is 18.6. The van der Waals surface area contributed by atoms with E-state index in [2.05, 4.69) is 0 Å². The van der Waals surface area contributed by atoms with Crippen molar-refractivity contribution in [1.82, 2.24) is 0 Å². The van der Waals surface area contributed by atoms with Crippen LogP contribution in [0.1, 0.15) is 75.3 Å². The number of hydrogen-bond acceptors (Lipinski definition) is 2. The molecule has 0 saturated carbocycles. The van der Waals surface area contributed by atoms with Crippen LogP contribution in [-0.4, -0.2) is 16.8 Å². The van der Waals surface area contributed by atoms with Gasteiger partial charge in [-0.2, -0.15) is 0 Å². The Morgan fingerprint density at radius 3 is 1.86 bits per heavy atom. The SMILES string of the molecule is Cc1cccc(CCCCCCCCCCCCO)c1O. The minimum atomic E-state index is 0.344. The summed E-state index contributed by atoms with van der Waals surface area (Å²) in [6, 6.07) is 6.02. The zero-order valence-corrected chi connectivity index (χ0v) is 13.6. The lowest BCUT2D eigenvalue weighted by molar-refractivity contribution is 0.282. The molecule has 0 amide bonds. The van der Waals surface area contributed by atoms with Gasteiger partial charge in [0, 0.05) is 6.61 Å². The first-order valence-corrected chi connectivity index (χ1v) is 8.64. The first kappa shape index (κ1) is 18.0. The van der Waals surface area contributed by atoms with Crippen molar-refractivity contribution in [2.75, 3.05) is 6.61 Å². The van der Waals surface area contributed by atoms with Gasteiger partial charge in [0.15, 0.2) is 0 Å². The van der Waals surface area contributed by atoms with Gasteiger partial charge in [-0.1, -0.05) is 69.6 Å². The highest BCUT2D eigenvalue weighted by Gasteiger charge is 2.02. The van der Waals surface area contributed by atoms with Gasteiger partial charge in [0.2, 0.25) is 0 Å². The van der Waals surface area contributed by atoms with Crippen LogP contribution < -0.4 is 0 Å². The number of phenols is 1. The molecule has 1 aromatic rings. The van der Waals surface area contributed by atoms with E-state index in [9.17, 15) is 5.11 Å². The van der Waals surface area contributed by atoms with E-state index < -0.39 is 0 Å². The highest BCUT2D eigenvalue weighted by atomic mass is 16.3. The molecule has 0 spiro atoms. The number of phenolic OH excluding ortho intramolecular Hbond substituents is 1. The Hall–Kier alpha value is -1.02. The van der Waals surface area contributed by atoms with E-state index in [4.69, 9.17) is 5.11 Å². The molecule has 0 heterocycles. The molecule has 0 unspecified atom stereocenters. The van der Waals surface area contributed by atoms with Crippen molar-refractivity contribution in [2.24, 2.45) is 0 Å². The first-order valence-electron chi connectivity index (χ1n) is 8.64. The van der Waals surface area contributed by atoms with E-state index in [-0.39, 0.29) is 0 Å². The van der Waals surface area contributed by atoms with Gasteiger partial charge in [0.25, 0.3) is 0 Å². The van der Waals surface area contributed by atoms with Crippen LogP contribution >= 0.6 is 0 Å². The van der Waals surface area contributed by atoms with Crippen LogP contribution in [-0.2, 0) is 6.42 Å². The number of unbranched alkanes of at least 4 members (excludes halogenated alkanes) is 9. The Balaban J connectivity index is 1.94. The normalized spacial score (nSPS) is 11.0. The summed E-state index contributed by atoms with van der Waals surface area (Å²) >= 11 is 0. The largest absolute Gasteiger partial charge is 0.507 e. The van der Waals surface area contributed by atoms with Gasteiger partial charge in [-0.05, 0) is 37.3 Å². The smallest absolute Gasteiger partial charge is 0.121 e. The monoisotopic (exact) mass is 292 g/mol. The topological polar surface area (TPSA) is 40.5 Å². The van der Waals surface area contributed by atoms with Crippen LogP contribution in [0.15, 0.2) is 18.2 Å². The third-order valence-corrected chi connectivity index (χ3v) is 4.18. The predicted molar refractivity (Wildman–Crippen MR) is 89.8 cm³/mol. The molecule has 0 bridgehead atoms. The van der Waals surface area contributed by atoms with Crippen molar-refractivity contribution < 1.29 is 10.2 Å². The lowest BCUT2D eigenvalue weighted by atomic mass is 10.0. The van der Waals surface area contributed by atoms with Crippen molar-refractivity contribution >= 4 is 0 Å². The van der Waals surface area contributed by atoms with E-state index in [1.54, 1.807) is 0 Å². The Kier molecular flexibility index (Phi) is 9.98. The molecule has 0 aliphatic heterocycles. The molecule has 1 aromatic carbocycles. The van der Waals surface area contributed by atoms with Crippen molar-refractivity contribution in [3.05, 3.63) is 29.3 Å².